The molecular weight excluding hydrogens is 346 g/mol. The molecule has 0 atom stereocenters. The minimum absolute atomic E-state index is 0.102. The lowest BCUT2D eigenvalue weighted by Gasteiger charge is -2.07. The van der Waals surface area contributed by atoms with Gasteiger partial charge in [0, 0.05) is 6.07 Å². The van der Waals surface area contributed by atoms with Crippen LogP contribution in [0.5, 0.6) is 0 Å². The van der Waals surface area contributed by atoms with Gasteiger partial charge < -0.3 is 0 Å². The highest BCUT2D eigenvalue weighted by molar-refractivity contribution is 5.82. The molecule has 0 aliphatic carbocycles. The summed E-state index contributed by atoms with van der Waals surface area (Å²) >= 11 is 0. The first-order valence-corrected chi connectivity index (χ1v) is 9.01. The zero-order valence-electron chi connectivity index (χ0n) is 15.7. The average molecular weight is 367 g/mol. The number of para-hydroxylation sites is 1. The first-order valence-electron chi connectivity index (χ1n) is 9.01. The molecule has 3 rings (SSSR count). The van der Waals surface area contributed by atoms with Crippen molar-refractivity contribution >= 4 is 17.3 Å². The van der Waals surface area contributed by atoms with E-state index >= 15 is 0 Å². The van der Waals surface area contributed by atoms with E-state index in [0.29, 0.717) is 5.56 Å². The summed E-state index contributed by atoms with van der Waals surface area (Å²) in [6, 6.07) is 22.6. The predicted molar refractivity (Wildman–Crippen MR) is 117 cm³/mol. The molecule has 0 unspecified atom stereocenters. The third-order valence-corrected chi connectivity index (χ3v) is 4.58. The van der Waals surface area contributed by atoms with Crippen LogP contribution < -0.4 is 0 Å². The van der Waals surface area contributed by atoms with E-state index in [0.717, 1.165) is 22.3 Å². The Balaban J connectivity index is 2.00. The molecule has 0 radical (unpaired) electrons. The summed E-state index contributed by atoms with van der Waals surface area (Å²) in [5.74, 6) is 0. The molecule has 138 valence electrons. The Morgan fingerprint density at radius 3 is 2.29 bits per heavy atom. The van der Waals surface area contributed by atoms with E-state index < -0.39 is 0 Å². The van der Waals surface area contributed by atoms with Crippen molar-refractivity contribution in [2.75, 3.05) is 0 Å². The fraction of sp³-hybridized carbons (Fsp3) is 0.0400. The molecular formula is C25H21NO2. The largest absolute Gasteiger partial charge is 0.277 e. The highest BCUT2D eigenvalue weighted by Crippen LogP contribution is 2.32. The molecule has 28 heavy (non-hydrogen) atoms. The molecule has 0 saturated carbocycles. The van der Waals surface area contributed by atoms with Crippen LogP contribution in [0.15, 0.2) is 97.6 Å². The Bertz CT molecular complexity index is 1080. The van der Waals surface area contributed by atoms with Gasteiger partial charge in [0.1, 0.15) is 0 Å². The molecule has 0 bridgehead atoms. The SMILES string of the molecule is C=C/C(=C\C=C/c1ccccc1-c1ccccc1[N+](=O)[O-])c1ccccc1C. The molecule has 0 fully saturated rings. The van der Waals surface area contributed by atoms with E-state index in [1.165, 1.54) is 11.6 Å². The van der Waals surface area contributed by atoms with E-state index in [2.05, 4.69) is 25.6 Å². The third kappa shape index (κ3) is 4.15. The summed E-state index contributed by atoms with van der Waals surface area (Å²) in [6.07, 6.45) is 7.76. The standard InChI is InChI=1S/C25H21NO2/c1-3-20(22-15-6-4-11-19(22)2)13-10-14-21-12-5-7-16-23(21)24-17-8-9-18-25(24)26(27)28/h3-18H,1H2,2H3/b14-10-,20-13+. The Hall–Kier alpha value is -3.72. The summed E-state index contributed by atoms with van der Waals surface area (Å²) in [7, 11) is 0. The Kier molecular flexibility index (Phi) is 5.97. The number of allylic oxidation sites excluding steroid dienone is 4. The number of nitro benzene ring substituents is 1. The Morgan fingerprint density at radius 1 is 0.929 bits per heavy atom. The van der Waals surface area contributed by atoms with Gasteiger partial charge in [-0.3, -0.25) is 10.1 Å². The van der Waals surface area contributed by atoms with Crippen molar-refractivity contribution in [3.05, 3.63) is 124 Å². The van der Waals surface area contributed by atoms with E-state index in [9.17, 15) is 10.1 Å². The van der Waals surface area contributed by atoms with Crippen LogP contribution in [-0.2, 0) is 0 Å². The highest BCUT2D eigenvalue weighted by atomic mass is 16.6. The highest BCUT2D eigenvalue weighted by Gasteiger charge is 2.15. The first-order chi connectivity index (χ1) is 13.6. The minimum Gasteiger partial charge on any atom is -0.258 e. The number of benzene rings is 3. The van der Waals surface area contributed by atoms with Crippen molar-refractivity contribution in [3.8, 4) is 11.1 Å². The van der Waals surface area contributed by atoms with Gasteiger partial charge in [-0.05, 0) is 40.8 Å². The number of hydrogen-bond acceptors (Lipinski definition) is 2. The van der Waals surface area contributed by atoms with Gasteiger partial charge in [-0.1, -0.05) is 91.5 Å². The first kappa shape index (κ1) is 19.1. The van der Waals surface area contributed by atoms with Crippen LogP contribution >= 0.6 is 0 Å². The summed E-state index contributed by atoms with van der Waals surface area (Å²) in [4.78, 5) is 11.1. The van der Waals surface area contributed by atoms with Crippen LogP contribution in [0.4, 0.5) is 5.69 Å². The summed E-state index contributed by atoms with van der Waals surface area (Å²) in [5.41, 5.74) is 5.80. The number of hydrogen-bond donors (Lipinski definition) is 0. The maximum absolute atomic E-state index is 11.4. The zero-order valence-corrected chi connectivity index (χ0v) is 15.7. The molecule has 0 heterocycles. The number of rotatable bonds is 6. The van der Waals surface area contributed by atoms with Crippen molar-refractivity contribution in [1.82, 2.24) is 0 Å². The van der Waals surface area contributed by atoms with Crippen molar-refractivity contribution in [2.45, 2.75) is 6.92 Å². The lowest BCUT2D eigenvalue weighted by molar-refractivity contribution is -0.384. The van der Waals surface area contributed by atoms with Crippen LogP contribution in [0.25, 0.3) is 22.8 Å². The normalized spacial score (nSPS) is 11.5. The predicted octanol–water partition coefficient (Wildman–Crippen LogP) is 6.85. The number of nitro groups is 1. The second kappa shape index (κ2) is 8.78. The van der Waals surface area contributed by atoms with Crippen LogP contribution in [0.2, 0.25) is 0 Å². The molecule has 0 N–H and O–H groups in total. The van der Waals surface area contributed by atoms with Gasteiger partial charge in [-0.25, -0.2) is 0 Å². The topological polar surface area (TPSA) is 43.1 Å². The van der Waals surface area contributed by atoms with Crippen LogP contribution in [0, 0.1) is 17.0 Å². The molecule has 0 spiro atoms. The van der Waals surface area contributed by atoms with Gasteiger partial charge in [0.15, 0.2) is 0 Å². The van der Waals surface area contributed by atoms with Gasteiger partial charge in [0.25, 0.3) is 5.69 Å². The monoisotopic (exact) mass is 367 g/mol. The quantitative estimate of drug-likeness (QED) is 0.271. The lowest BCUT2D eigenvalue weighted by Crippen LogP contribution is -1.92. The van der Waals surface area contributed by atoms with Crippen LogP contribution in [0.1, 0.15) is 16.7 Å². The van der Waals surface area contributed by atoms with Crippen molar-refractivity contribution in [1.29, 1.82) is 0 Å². The smallest absolute Gasteiger partial charge is 0.258 e. The van der Waals surface area contributed by atoms with E-state index in [-0.39, 0.29) is 10.6 Å². The Morgan fingerprint density at radius 2 is 1.57 bits per heavy atom. The van der Waals surface area contributed by atoms with Gasteiger partial charge in [0.2, 0.25) is 0 Å². The molecule has 3 aromatic rings. The third-order valence-electron chi connectivity index (χ3n) is 4.58. The molecule has 0 saturated heterocycles. The fourth-order valence-electron chi connectivity index (χ4n) is 3.17. The van der Waals surface area contributed by atoms with Crippen LogP contribution in [-0.4, -0.2) is 4.92 Å². The molecule has 0 aliphatic rings. The second-order valence-corrected chi connectivity index (χ2v) is 6.36. The maximum Gasteiger partial charge on any atom is 0.277 e. The lowest BCUT2D eigenvalue weighted by atomic mass is 9.97. The molecule has 0 aliphatic heterocycles. The summed E-state index contributed by atoms with van der Waals surface area (Å²) in [6.45, 7) is 5.99. The van der Waals surface area contributed by atoms with Gasteiger partial charge in [-0.2, -0.15) is 0 Å². The van der Waals surface area contributed by atoms with E-state index in [4.69, 9.17) is 0 Å². The van der Waals surface area contributed by atoms with E-state index in [1.54, 1.807) is 12.1 Å². The molecule has 3 heteroatoms. The zero-order chi connectivity index (χ0) is 19.9. The molecule has 0 aromatic heterocycles. The molecule has 3 aromatic carbocycles. The van der Waals surface area contributed by atoms with Gasteiger partial charge in [0.05, 0.1) is 10.5 Å². The fourth-order valence-corrected chi connectivity index (χ4v) is 3.17. The number of nitrogens with zero attached hydrogens (tertiary/aromatic N) is 1. The Labute approximate surface area is 165 Å². The summed E-state index contributed by atoms with van der Waals surface area (Å²) < 4.78 is 0. The molecule has 3 nitrogen and oxygen atoms in total. The average Bonchev–Trinajstić information content (AvgIpc) is 2.72. The van der Waals surface area contributed by atoms with Crippen molar-refractivity contribution in [2.24, 2.45) is 0 Å². The maximum atomic E-state index is 11.4. The second-order valence-electron chi connectivity index (χ2n) is 6.36. The van der Waals surface area contributed by atoms with Crippen molar-refractivity contribution < 1.29 is 4.92 Å². The molecule has 0 amide bonds. The van der Waals surface area contributed by atoms with Crippen LogP contribution in [0.3, 0.4) is 0 Å². The van der Waals surface area contributed by atoms with Gasteiger partial charge in [-0.15, -0.1) is 0 Å². The van der Waals surface area contributed by atoms with Crippen molar-refractivity contribution in [3.63, 3.8) is 0 Å². The number of aryl methyl sites for hydroxylation is 1. The van der Waals surface area contributed by atoms with E-state index in [1.807, 2.05) is 66.8 Å². The van der Waals surface area contributed by atoms with Gasteiger partial charge >= 0.3 is 0 Å². The summed E-state index contributed by atoms with van der Waals surface area (Å²) in [5, 5.41) is 11.4. The minimum atomic E-state index is -0.344.